The molecular formula is C8H16OS. The highest BCUT2D eigenvalue weighted by Gasteiger charge is 2.25. The zero-order valence-corrected chi connectivity index (χ0v) is 8.03. The first kappa shape index (κ1) is 10.0. The molecule has 0 N–H and O–H groups in total. The average Bonchev–Trinajstić information content (AvgIpc) is 1.83. The maximum Gasteiger partial charge on any atom is 0.141 e. The van der Waals surface area contributed by atoms with Crippen molar-refractivity contribution in [3.05, 3.63) is 0 Å². The summed E-state index contributed by atoms with van der Waals surface area (Å²) in [5.41, 5.74) is -0.206. The van der Waals surface area contributed by atoms with Crippen LogP contribution in [0.3, 0.4) is 0 Å². The number of carbonyl (C=O) groups excluding carboxylic acids is 1. The fourth-order valence-electron chi connectivity index (χ4n) is 0.822. The van der Waals surface area contributed by atoms with Crippen molar-refractivity contribution in [1.29, 1.82) is 0 Å². The summed E-state index contributed by atoms with van der Waals surface area (Å²) in [7, 11) is 0. The largest absolute Gasteiger partial charge is 0.299 e. The van der Waals surface area contributed by atoms with Crippen LogP contribution in [0.5, 0.6) is 0 Å². The second-order valence-corrected chi connectivity index (χ2v) is 4.06. The maximum atomic E-state index is 11.3. The van der Waals surface area contributed by atoms with Crippen molar-refractivity contribution in [2.45, 2.75) is 27.7 Å². The van der Waals surface area contributed by atoms with Crippen LogP contribution >= 0.6 is 12.6 Å². The van der Waals surface area contributed by atoms with E-state index in [1.165, 1.54) is 0 Å². The van der Waals surface area contributed by atoms with Crippen molar-refractivity contribution in [1.82, 2.24) is 0 Å². The number of rotatable bonds is 2. The van der Waals surface area contributed by atoms with Gasteiger partial charge in [0.25, 0.3) is 0 Å². The number of Topliss-reactive ketones (excluding diaryl/α,β-unsaturated/α-hetero) is 1. The third-order valence-corrected chi connectivity index (χ3v) is 2.01. The minimum atomic E-state index is -0.206. The molecule has 0 aliphatic rings. The zero-order valence-electron chi connectivity index (χ0n) is 7.14. The van der Waals surface area contributed by atoms with Crippen molar-refractivity contribution in [3.63, 3.8) is 0 Å². The minimum Gasteiger partial charge on any atom is -0.299 e. The van der Waals surface area contributed by atoms with Crippen LogP contribution in [-0.4, -0.2) is 11.5 Å². The SMILES string of the molecule is C[C@@H](CS)C(=O)C(C)(C)C. The molecule has 0 fully saturated rings. The smallest absolute Gasteiger partial charge is 0.141 e. The molecule has 0 spiro atoms. The number of thiol groups is 1. The van der Waals surface area contributed by atoms with E-state index >= 15 is 0 Å². The third kappa shape index (κ3) is 2.74. The summed E-state index contributed by atoms with van der Waals surface area (Å²) in [6.07, 6.45) is 0. The standard InChI is InChI=1S/C8H16OS/c1-6(5-10)7(9)8(2,3)4/h6,10H,5H2,1-4H3/t6-/m0/s1. The van der Waals surface area contributed by atoms with Gasteiger partial charge in [0.2, 0.25) is 0 Å². The van der Waals surface area contributed by atoms with Crippen molar-refractivity contribution < 1.29 is 4.79 Å². The van der Waals surface area contributed by atoms with E-state index in [4.69, 9.17) is 0 Å². The van der Waals surface area contributed by atoms with E-state index in [0.29, 0.717) is 11.5 Å². The molecule has 0 saturated heterocycles. The Hall–Kier alpha value is 0.0200. The Bertz CT molecular complexity index is 124. The number of ketones is 1. The molecule has 0 unspecified atom stereocenters. The molecule has 0 rings (SSSR count). The van der Waals surface area contributed by atoms with Crippen LogP contribution in [0.2, 0.25) is 0 Å². The quantitative estimate of drug-likeness (QED) is 0.613. The monoisotopic (exact) mass is 160 g/mol. The minimum absolute atomic E-state index is 0.0864. The molecule has 0 heterocycles. The molecule has 0 saturated carbocycles. The second-order valence-electron chi connectivity index (χ2n) is 3.70. The van der Waals surface area contributed by atoms with Crippen LogP contribution in [0, 0.1) is 11.3 Å². The summed E-state index contributed by atoms with van der Waals surface area (Å²) in [5.74, 6) is 1.03. The van der Waals surface area contributed by atoms with Crippen LogP contribution in [-0.2, 0) is 4.79 Å². The normalized spacial score (nSPS) is 14.9. The molecule has 0 radical (unpaired) electrons. The topological polar surface area (TPSA) is 17.1 Å². The molecule has 0 bridgehead atoms. The van der Waals surface area contributed by atoms with Gasteiger partial charge in [-0.15, -0.1) is 0 Å². The Labute approximate surface area is 68.6 Å². The molecular weight excluding hydrogens is 144 g/mol. The first-order valence-electron chi connectivity index (χ1n) is 3.54. The summed E-state index contributed by atoms with van der Waals surface area (Å²) in [6.45, 7) is 7.74. The van der Waals surface area contributed by atoms with Gasteiger partial charge in [-0.3, -0.25) is 4.79 Å². The molecule has 1 atom stereocenters. The van der Waals surface area contributed by atoms with Gasteiger partial charge >= 0.3 is 0 Å². The lowest BCUT2D eigenvalue weighted by Gasteiger charge is -2.20. The summed E-state index contributed by atoms with van der Waals surface area (Å²) >= 11 is 4.07. The highest BCUT2D eigenvalue weighted by molar-refractivity contribution is 7.80. The first-order chi connectivity index (χ1) is 4.39. The van der Waals surface area contributed by atoms with E-state index in [-0.39, 0.29) is 11.3 Å². The lowest BCUT2D eigenvalue weighted by Crippen LogP contribution is -2.27. The molecule has 2 heteroatoms. The summed E-state index contributed by atoms with van der Waals surface area (Å²) in [5, 5.41) is 0. The molecule has 0 aliphatic carbocycles. The molecule has 0 aromatic heterocycles. The summed E-state index contributed by atoms with van der Waals surface area (Å²) in [4.78, 5) is 11.3. The van der Waals surface area contributed by atoms with Crippen molar-refractivity contribution in [2.24, 2.45) is 11.3 Å². The average molecular weight is 160 g/mol. The molecule has 60 valence electrons. The predicted molar refractivity (Wildman–Crippen MR) is 47.5 cm³/mol. The van der Waals surface area contributed by atoms with Gasteiger partial charge < -0.3 is 0 Å². The van der Waals surface area contributed by atoms with E-state index in [1.807, 2.05) is 27.7 Å². The van der Waals surface area contributed by atoms with Crippen molar-refractivity contribution in [3.8, 4) is 0 Å². The van der Waals surface area contributed by atoms with Gasteiger partial charge in [-0.2, -0.15) is 12.6 Å². The van der Waals surface area contributed by atoms with Gasteiger partial charge in [-0.1, -0.05) is 27.7 Å². The first-order valence-corrected chi connectivity index (χ1v) is 4.18. The Morgan fingerprint density at radius 2 is 1.90 bits per heavy atom. The maximum absolute atomic E-state index is 11.3. The predicted octanol–water partition coefficient (Wildman–Crippen LogP) is 2.17. The molecule has 0 aliphatic heterocycles. The van der Waals surface area contributed by atoms with Gasteiger partial charge in [0.1, 0.15) is 5.78 Å². The van der Waals surface area contributed by atoms with E-state index < -0.39 is 0 Å². The van der Waals surface area contributed by atoms with Crippen LogP contribution in [0.15, 0.2) is 0 Å². The van der Waals surface area contributed by atoms with E-state index in [2.05, 4.69) is 12.6 Å². The van der Waals surface area contributed by atoms with E-state index in [9.17, 15) is 4.79 Å². The van der Waals surface area contributed by atoms with Crippen LogP contribution in [0.25, 0.3) is 0 Å². The number of carbonyl (C=O) groups is 1. The Morgan fingerprint density at radius 3 is 2.00 bits per heavy atom. The van der Waals surface area contributed by atoms with E-state index in [1.54, 1.807) is 0 Å². The van der Waals surface area contributed by atoms with Gasteiger partial charge in [-0.05, 0) is 5.75 Å². The lowest BCUT2D eigenvalue weighted by molar-refractivity contribution is -0.129. The van der Waals surface area contributed by atoms with Crippen molar-refractivity contribution >= 4 is 18.4 Å². The third-order valence-electron chi connectivity index (χ3n) is 1.46. The van der Waals surface area contributed by atoms with Crippen LogP contribution in [0.1, 0.15) is 27.7 Å². The van der Waals surface area contributed by atoms with Gasteiger partial charge in [0.15, 0.2) is 0 Å². The summed E-state index contributed by atoms with van der Waals surface area (Å²) < 4.78 is 0. The Kier molecular flexibility index (Phi) is 3.43. The molecule has 0 aromatic rings. The fraction of sp³-hybridized carbons (Fsp3) is 0.875. The molecule has 0 aromatic carbocycles. The second kappa shape index (κ2) is 3.42. The highest BCUT2D eigenvalue weighted by Crippen LogP contribution is 2.20. The molecule has 10 heavy (non-hydrogen) atoms. The number of hydrogen-bond donors (Lipinski definition) is 1. The zero-order chi connectivity index (χ0) is 8.36. The fourth-order valence-corrected chi connectivity index (χ4v) is 0.988. The molecule has 0 amide bonds. The van der Waals surface area contributed by atoms with Gasteiger partial charge in [0, 0.05) is 11.3 Å². The molecule has 1 nitrogen and oxygen atoms in total. The number of hydrogen-bond acceptors (Lipinski definition) is 2. The highest BCUT2D eigenvalue weighted by atomic mass is 32.1. The summed E-state index contributed by atoms with van der Waals surface area (Å²) in [6, 6.07) is 0. The van der Waals surface area contributed by atoms with Crippen molar-refractivity contribution in [2.75, 3.05) is 5.75 Å². The lowest BCUT2D eigenvalue weighted by atomic mass is 9.85. The van der Waals surface area contributed by atoms with Crippen LogP contribution in [0.4, 0.5) is 0 Å². The van der Waals surface area contributed by atoms with Gasteiger partial charge in [-0.25, -0.2) is 0 Å². The Morgan fingerprint density at radius 1 is 1.50 bits per heavy atom. The van der Waals surface area contributed by atoms with Crippen LogP contribution < -0.4 is 0 Å². The van der Waals surface area contributed by atoms with Gasteiger partial charge in [0.05, 0.1) is 0 Å². The Balaban J connectivity index is 4.09. The van der Waals surface area contributed by atoms with E-state index in [0.717, 1.165) is 0 Å².